The van der Waals surface area contributed by atoms with Gasteiger partial charge in [-0.05, 0) is 48.4 Å². The Morgan fingerprint density at radius 2 is 1.83 bits per heavy atom. The Balaban J connectivity index is 1.45. The van der Waals surface area contributed by atoms with Crippen molar-refractivity contribution in [3.8, 4) is 0 Å². The van der Waals surface area contributed by atoms with Gasteiger partial charge in [-0.2, -0.15) is 0 Å². The fraction of sp³-hybridized carbons (Fsp3) is 0.107. The minimum atomic E-state index is -1.17. The molecule has 6 rings (SSSR count). The van der Waals surface area contributed by atoms with E-state index < -0.39 is 28.4 Å². The lowest BCUT2D eigenvalue weighted by Gasteiger charge is -2.22. The van der Waals surface area contributed by atoms with Crippen LogP contribution in [0.3, 0.4) is 0 Å². The number of carbonyl (C=O) groups excluding carboxylic acids is 2. The van der Waals surface area contributed by atoms with Gasteiger partial charge >= 0.3 is 5.91 Å². The standard InChI is InChI=1S/C28H19FN6O5S2/c1-15-22(33-13-5-4-8-20(33)30-15)24(36)21-23(16-9-11-18(12-10-16)35(39)40)34(26(38)25(21)37)27-31-32-28(42-27)41-14-17-6-2-3-7-19(17)29/h2-13,23,36H,14H2,1H3. The van der Waals surface area contributed by atoms with Crippen molar-refractivity contribution >= 4 is 57.0 Å². The number of halogens is 1. The molecule has 0 spiro atoms. The molecule has 0 saturated carbocycles. The van der Waals surface area contributed by atoms with E-state index >= 15 is 0 Å². The molecule has 1 saturated heterocycles. The minimum absolute atomic E-state index is 0.0744. The normalized spacial score (nSPS) is 16.4. The molecule has 42 heavy (non-hydrogen) atoms. The van der Waals surface area contributed by atoms with Crippen molar-refractivity contribution in [2.45, 2.75) is 23.1 Å². The smallest absolute Gasteiger partial charge is 0.301 e. The lowest BCUT2D eigenvalue weighted by molar-refractivity contribution is -0.384. The number of aliphatic hydroxyl groups excluding tert-OH is 1. The van der Waals surface area contributed by atoms with E-state index in [9.17, 15) is 29.2 Å². The topological polar surface area (TPSA) is 144 Å². The molecular weight excluding hydrogens is 583 g/mol. The number of imidazole rings is 1. The molecule has 0 radical (unpaired) electrons. The summed E-state index contributed by atoms with van der Waals surface area (Å²) >= 11 is 2.24. The van der Waals surface area contributed by atoms with E-state index in [0.29, 0.717) is 26.8 Å². The first-order valence-corrected chi connectivity index (χ1v) is 14.2. The number of rotatable bonds is 7. The molecule has 1 unspecified atom stereocenters. The van der Waals surface area contributed by atoms with Gasteiger partial charge in [0.05, 0.1) is 22.2 Å². The number of aliphatic hydroxyl groups is 1. The van der Waals surface area contributed by atoms with Gasteiger partial charge in [0.1, 0.15) is 17.2 Å². The van der Waals surface area contributed by atoms with Gasteiger partial charge in [-0.1, -0.05) is 47.4 Å². The molecule has 0 aliphatic carbocycles. The number of hydrogen-bond donors (Lipinski definition) is 1. The molecule has 1 aliphatic rings. The van der Waals surface area contributed by atoms with Crippen molar-refractivity contribution in [2.75, 3.05) is 4.90 Å². The highest BCUT2D eigenvalue weighted by atomic mass is 32.2. The van der Waals surface area contributed by atoms with E-state index in [1.54, 1.807) is 53.9 Å². The number of benzene rings is 2. The number of aryl methyl sites for hydroxylation is 1. The van der Waals surface area contributed by atoms with Crippen LogP contribution in [0.25, 0.3) is 11.4 Å². The Morgan fingerprint density at radius 1 is 1.10 bits per heavy atom. The number of pyridine rings is 1. The average Bonchev–Trinajstić information content (AvgIpc) is 3.66. The van der Waals surface area contributed by atoms with Gasteiger partial charge in [-0.3, -0.25) is 29.0 Å². The van der Waals surface area contributed by atoms with E-state index in [2.05, 4.69) is 15.2 Å². The summed E-state index contributed by atoms with van der Waals surface area (Å²) < 4.78 is 16.1. The Bertz CT molecular complexity index is 1920. The maximum atomic E-state index is 14.1. The first kappa shape index (κ1) is 27.2. The van der Waals surface area contributed by atoms with Gasteiger partial charge in [0.2, 0.25) is 5.13 Å². The van der Waals surface area contributed by atoms with E-state index in [4.69, 9.17) is 0 Å². The number of amides is 1. The number of non-ortho nitro benzene ring substituents is 1. The van der Waals surface area contributed by atoms with Crippen molar-refractivity contribution < 1.29 is 24.0 Å². The number of nitrogens with zero attached hydrogens (tertiary/aromatic N) is 6. The van der Waals surface area contributed by atoms with Crippen LogP contribution in [0.1, 0.15) is 28.6 Å². The zero-order valence-corrected chi connectivity index (χ0v) is 23.3. The van der Waals surface area contributed by atoms with Crippen LogP contribution in [0, 0.1) is 22.9 Å². The van der Waals surface area contributed by atoms with Crippen molar-refractivity contribution in [3.63, 3.8) is 0 Å². The summed E-state index contributed by atoms with van der Waals surface area (Å²) in [6.07, 6.45) is 1.67. The Hall–Kier alpha value is -4.95. The van der Waals surface area contributed by atoms with Crippen molar-refractivity contribution in [2.24, 2.45) is 0 Å². The quantitative estimate of drug-likeness (QED) is 0.0488. The van der Waals surface area contributed by atoms with Crippen LogP contribution in [0.4, 0.5) is 15.2 Å². The molecule has 210 valence electrons. The molecule has 14 heteroatoms. The largest absolute Gasteiger partial charge is 0.505 e. The summed E-state index contributed by atoms with van der Waals surface area (Å²) in [6, 6.07) is 15.8. The van der Waals surface area contributed by atoms with Gasteiger partial charge in [0, 0.05) is 24.1 Å². The van der Waals surface area contributed by atoms with Crippen LogP contribution in [0.2, 0.25) is 0 Å². The lowest BCUT2D eigenvalue weighted by Crippen LogP contribution is -2.29. The molecule has 1 amide bonds. The maximum absolute atomic E-state index is 14.1. The van der Waals surface area contributed by atoms with E-state index in [1.165, 1.54) is 42.1 Å². The first-order chi connectivity index (χ1) is 20.2. The molecule has 2 aromatic carbocycles. The van der Waals surface area contributed by atoms with Crippen LogP contribution in [-0.4, -0.2) is 41.3 Å². The predicted molar refractivity (Wildman–Crippen MR) is 154 cm³/mol. The van der Waals surface area contributed by atoms with Crippen LogP contribution >= 0.6 is 23.1 Å². The highest BCUT2D eigenvalue weighted by Crippen LogP contribution is 2.44. The Morgan fingerprint density at radius 3 is 2.57 bits per heavy atom. The number of Topliss-reactive ketones (excluding diaryl/α,β-unsaturated/α-hetero) is 1. The van der Waals surface area contributed by atoms with Crippen molar-refractivity contribution in [1.82, 2.24) is 19.6 Å². The number of anilines is 1. The molecule has 1 aliphatic heterocycles. The fourth-order valence-electron chi connectivity index (χ4n) is 4.76. The number of fused-ring (bicyclic) bond motifs is 1. The molecular formula is C28H19FN6O5S2. The van der Waals surface area contributed by atoms with E-state index in [0.717, 1.165) is 16.2 Å². The average molecular weight is 603 g/mol. The summed E-state index contributed by atoms with van der Waals surface area (Å²) in [5.74, 6) is -2.46. The SMILES string of the molecule is Cc1nc2ccccn2c1C(O)=C1C(=O)C(=O)N(c2nnc(SCc3ccccc3F)s2)C1c1ccc([N+](=O)[O-])cc1. The number of ketones is 1. The molecule has 0 bridgehead atoms. The third-order valence-corrected chi connectivity index (χ3v) is 8.81. The number of hydrogen-bond acceptors (Lipinski definition) is 10. The molecule has 4 heterocycles. The summed E-state index contributed by atoms with van der Waals surface area (Å²) in [4.78, 5) is 43.4. The van der Waals surface area contributed by atoms with Crippen LogP contribution < -0.4 is 4.90 Å². The Labute approximate surface area is 245 Å². The zero-order valence-electron chi connectivity index (χ0n) is 21.7. The number of nitro benzene ring substituents is 1. The maximum Gasteiger partial charge on any atom is 0.301 e. The minimum Gasteiger partial charge on any atom is -0.505 e. The molecule has 1 N–H and O–H groups in total. The number of carbonyl (C=O) groups is 2. The monoisotopic (exact) mass is 602 g/mol. The highest BCUT2D eigenvalue weighted by molar-refractivity contribution is 8.00. The van der Waals surface area contributed by atoms with Crippen molar-refractivity contribution in [3.05, 3.63) is 117 Å². The molecule has 3 aromatic heterocycles. The predicted octanol–water partition coefficient (Wildman–Crippen LogP) is 5.46. The van der Waals surface area contributed by atoms with Crippen LogP contribution in [-0.2, 0) is 15.3 Å². The first-order valence-electron chi connectivity index (χ1n) is 12.4. The molecule has 11 nitrogen and oxygen atoms in total. The van der Waals surface area contributed by atoms with Crippen LogP contribution in [0.5, 0.6) is 0 Å². The van der Waals surface area contributed by atoms with Gasteiger partial charge in [0.15, 0.2) is 10.1 Å². The third kappa shape index (κ3) is 4.69. The summed E-state index contributed by atoms with van der Waals surface area (Å²) in [5, 5.41) is 31.2. The lowest BCUT2D eigenvalue weighted by atomic mass is 9.96. The second kappa shape index (κ2) is 10.8. The zero-order chi connectivity index (χ0) is 29.5. The number of aromatic nitrogens is 4. The summed E-state index contributed by atoms with van der Waals surface area (Å²) in [7, 11) is 0. The fourth-order valence-corrected chi connectivity index (χ4v) is 6.62. The number of thioether (sulfide) groups is 1. The molecule has 5 aromatic rings. The Kier molecular flexibility index (Phi) is 7.00. The second-order valence-electron chi connectivity index (χ2n) is 9.22. The van der Waals surface area contributed by atoms with Crippen molar-refractivity contribution in [1.29, 1.82) is 0 Å². The molecule has 1 fully saturated rings. The number of nitro groups is 1. The van der Waals surface area contributed by atoms with Gasteiger partial charge in [-0.15, -0.1) is 10.2 Å². The van der Waals surface area contributed by atoms with E-state index in [-0.39, 0.29) is 33.7 Å². The van der Waals surface area contributed by atoms with Gasteiger partial charge in [-0.25, -0.2) is 9.37 Å². The summed E-state index contributed by atoms with van der Waals surface area (Å²) in [6.45, 7) is 1.67. The molecule has 1 atom stereocenters. The second-order valence-corrected chi connectivity index (χ2v) is 11.4. The third-order valence-electron chi connectivity index (χ3n) is 6.70. The van der Waals surface area contributed by atoms with E-state index in [1.807, 2.05) is 0 Å². The van der Waals surface area contributed by atoms with Gasteiger partial charge in [0.25, 0.3) is 11.5 Å². The van der Waals surface area contributed by atoms with Gasteiger partial charge < -0.3 is 5.11 Å². The van der Waals surface area contributed by atoms with Crippen LogP contribution in [0.15, 0.2) is 82.8 Å². The summed E-state index contributed by atoms with van der Waals surface area (Å²) in [5.41, 5.74) is 1.58. The highest BCUT2D eigenvalue weighted by Gasteiger charge is 2.49.